The van der Waals surface area contributed by atoms with E-state index in [1.165, 1.54) is 0 Å². The highest BCUT2D eigenvalue weighted by atomic mass is 32.1. The van der Waals surface area contributed by atoms with Gasteiger partial charge in [-0.1, -0.05) is 30.3 Å². The molecule has 19 heavy (non-hydrogen) atoms. The van der Waals surface area contributed by atoms with Crippen molar-refractivity contribution in [1.82, 2.24) is 5.32 Å². The third kappa shape index (κ3) is 3.94. The highest BCUT2D eigenvalue weighted by Crippen LogP contribution is 2.09. The Balaban J connectivity index is 1.90. The van der Waals surface area contributed by atoms with Gasteiger partial charge in [-0.05, 0) is 34.4 Å². The standard InChI is InChI=1S/C15H14N2OS/c16-9-14(8-12-4-2-1-3-5-12)15(18)17-10-13-6-7-19-11-13/h1-7,11,14H,8,10H2,(H,17,18). The first kappa shape index (κ1) is 13.3. The fourth-order valence-corrected chi connectivity index (χ4v) is 2.42. The molecule has 0 saturated carbocycles. The summed E-state index contributed by atoms with van der Waals surface area (Å²) in [7, 11) is 0. The Hall–Kier alpha value is -2.12. The number of carbonyl (C=O) groups excluding carboxylic acids is 1. The molecule has 0 bridgehead atoms. The number of carbonyl (C=O) groups is 1. The zero-order chi connectivity index (χ0) is 13.5. The van der Waals surface area contributed by atoms with Gasteiger partial charge >= 0.3 is 0 Å². The SMILES string of the molecule is N#CC(Cc1ccccc1)C(=O)NCc1ccsc1. The predicted molar refractivity (Wildman–Crippen MR) is 75.4 cm³/mol. The molecule has 2 aromatic rings. The third-order valence-corrected chi connectivity index (χ3v) is 3.53. The van der Waals surface area contributed by atoms with Crippen LogP contribution in [0.1, 0.15) is 11.1 Å². The normalized spacial score (nSPS) is 11.5. The van der Waals surface area contributed by atoms with Gasteiger partial charge in [-0.2, -0.15) is 16.6 Å². The predicted octanol–water partition coefficient (Wildman–Crippen LogP) is 2.75. The molecule has 0 aliphatic heterocycles. The Bertz CT molecular complexity index is 558. The zero-order valence-corrected chi connectivity index (χ0v) is 11.2. The number of benzene rings is 1. The molecule has 0 saturated heterocycles. The second kappa shape index (κ2) is 6.72. The smallest absolute Gasteiger partial charge is 0.237 e. The zero-order valence-electron chi connectivity index (χ0n) is 10.4. The van der Waals surface area contributed by atoms with Gasteiger partial charge in [-0.3, -0.25) is 4.79 Å². The summed E-state index contributed by atoms with van der Waals surface area (Å²) in [6, 6.07) is 13.6. The van der Waals surface area contributed by atoms with Gasteiger partial charge in [0.2, 0.25) is 5.91 Å². The number of thiophene rings is 1. The lowest BCUT2D eigenvalue weighted by Gasteiger charge is -2.09. The largest absolute Gasteiger partial charge is 0.351 e. The van der Waals surface area contributed by atoms with Crippen molar-refractivity contribution in [3.8, 4) is 6.07 Å². The number of nitrogens with one attached hydrogen (secondary N) is 1. The van der Waals surface area contributed by atoms with E-state index < -0.39 is 5.92 Å². The van der Waals surface area contributed by atoms with Gasteiger partial charge in [-0.15, -0.1) is 0 Å². The number of hydrogen-bond acceptors (Lipinski definition) is 3. The molecular weight excluding hydrogens is 256 g/mol. The van der Waals surface area contributed by atoms with Crippen LogP contribution < -0.4 is 5.32 Å². The first-order valence-corrected chi connectivity index (χ1v) is 6.96. The van der Waals surface area contributed by atoms with E-state index >= 15 is 0 Å². The van der Waals surface area contributed by atoms with Crippen LogP contribution in [0.15, 0.2) is 47.2 Å². The van der Waals surface area contributed by atoms with Gasteiger partial charge in [0, 0.05) is 6.54 Å². The topological polar surface area (TPSA) is 52.9 Å². The first-order valence-electron chi connectivity index (χ1n) is 6.02. The number of amides is 1. The molecule has 0 radical (unpaired) electrons. The van der Waals surface area contributed by atoms with Crippen LogP contribution in [0.25, 0.3) is 0 Å². The minimum Gasteiger partial charge on any atom is -0.351 e. The molecule has 3 nitrogen and oxygen atoms in total. The molecule has 1 amide bonds. The lowest BCUT2D eigenvalue weighted by Crippen LogP contribution is -2.30. The number of nitrogens with zero attached hydrogens (tertiary/aromatic N) is 1. The van der Waals surface area contributed by atoms with Gasteiger partial charge in [0.1, 0.15) is 5.92 Å². The van der Waals surface area contributed by atoms with Crippen molar-refractivity contribution in [2.45, 2.75) is 13.0 Å². The van der Waals surface area contributed by atoms with Crippen LogP contribution in [0, 0.1) is 17.2 Å². The van der Waals surface area contributed by atoms with Crippen LogP contribution in [-0.4, -0.2) is 5.91 Å². The Labute approximate surface area is 116 Å². The molecule has 4 heteroatoms. The Morgan fingerprint density at radius 1 is 1.26 bits per heavy atom. The quantitative estimate of drug-likeness (QED) is 0.908. The molecule has 0 aliphatic rings. The van der Waals surface area contributed by atoms with Crippen molar-refractivity contribution in [2.75, 3.05) is 0 Å². The molecule has 1 aromatic carbocycles. The molecule has 1 atom stereocenters. The number of nitriles is 1. The fourth-order valence-electron chi connectivity index (χ4n) is 1.75. The molecular formula is C15H14N2OS. The molecule has 1 N–H and O–H groups in total. The minimum absolute atomic E-state index is 0.211. The molecule has 1 aromatic heterocycles. The van der Waals surface area contributed by atoms with Gasteiger partial charge < -0.3 is 5.32 Å². The second-order valence-corrected chi connectivity index (χ2v) is 5.00. The highest BCUT2D eigenvalue weighted by molar-refractivity contribution is 7.07. The minimum atomic E-state index is -0.638. The van der Waals surface area contributed by atoms with E-state index in [2.05, 4.69) is 11.4 Å². The summed E-state index contributed by atoms with van der Waals surface area (Å²) in [4.78, 5) is 11.9. The second-order valence-electron chi connectivity index (χ2n) is 4.22. The van der Waals surface area contributed by atoms with Crippen molar-refractivity contribution in [3.63, 3.8) is 0 Å². The summed E-state index contributed by atoms with van der Waals surface area (Å²) < 4.78 is 0. The summed E-state index contributed by atoms with van der Waals surface area (Å²) in [5.41, 5.74) is 2.06. The van der Waals surface area contributed by atoms with Crippen LogP contribution in [0.3, 0.4) is 0 Å². The first-order chi connectivity index (χ1) is 9.29. The van der Waals surface area contributed by atoms with E-state index in [0.29, 0.717) is 13.0 Å². The van der Waals surface area contributed by atoms with E-state index in [-0.39, 0.29) is 5.91 Å². The maximum Gasteiger partial charge on any atom is 0.237 e. The molecule has 1 heterocycles. The van der Waals surface area contributed by atoms with E-state index in [1.54, 1.807) is 11.3 Å². The summed E-state index contributed by atoms with van der Waals surface area (Å²) in [5, 5.41) is 15.9. The van der Waals surface area contributed by atoms with Crippen LogP contribution >= 0.6 is 11.3 Å². The van der Waals surface area contributed by atoms with Crippen LogP contribution in [-0.2, 0) is 17.8 Å². The van der Waals surface area contributed by atoms with E-state index in [9.17, 15) is 4.79 Å². The molecule has 1 unspecified atom stereocenters. The van der Waals surface area contributed by atoms with Crippen molar-refractivity contribution in [3.05, 3.63) is 58.3 Å². The van der Waals surface area contributed by atoms with Crippen LogP contribution in [0.4, 0.5) is 0 Å². The van der Waals surface area contributed by atoms with Crippen molar-refractivity contribution >= 4 is 17.2 Å². The van der Waals surface area contributed by atoms with Gasteiger partial charge in [-0.25, -0.2) is 0 Å². The lowest BCUT2D eigenvalue weighted by atomic mass is 10.00. The summed E-state index contributed by atoms with van der Waals surface area (Å²) >= 11 is 1.59. The average Bonchev–Trinajstić information content (AvgIpc) is 2.96. The molecule has 0 spiro atoms. The molecule has 0 fully saturated rings. The number of hydrogen-bond donors (Lipinski definition) is 1. The summed E-state index contributed by atoms with van der Waals surface area (Å²) in [5.74, 6) is -0.849. The molecule has 0 aliphatic carbocycles. The average molecular weight is 270 g/mol. The van der Waals surface area contributed by atoms with Gasteiger partial charge in [0.15, 0.2) is 0 Å². The fraction of sp³-hybridized carbons (Fsp3) is 0.200. The van der Waals surface area contributed by atoms with Gasteiger partial charge in [0.25, 0.3) is 0 Å². The third-order valence-electron chi connectivity index (χ3n) is 2.80. The van der Waals surface area contributed by atoms with Crippen LogP contribution in [0.2, 0.25) is 0 Å². The highest BCUT2D eigenvalue weighted by Gasteiger charge is 2.17. The lowest BCUT2D eigenvalue weighted by molar-refractivity contribution is -0.123. The molecule has 96 valence electrons. The van der Waals surface area contributed by atoms with Crippen molar-refractivity contribution < 1.29 is 4.79 Å². The van der Waals surface area contributed by atoms with E-state index in [4.69, 9.17) is 5.26 Å². The van der Waals surface area contributed by atoms with Crippen LogP contribution in [0.5, 0.6) is 0 Å². The van der Waals surface area contributed by atoms with E-state index in [0.717, 1.165) is 11.1 Å². The maximum absolute atomic E-state index is 11.9. The van der Waals surface area contributed by atoms with Gasteiger partial charge in [0.05, 0.1) is 6.07 Å². The molecule has 2 rings (SSSR count). The monoisotopic (exact) mass is 270 g/mol. The van der Waals surface area contributed by atoms with Crippen molar-refractivity contribution in [1.29, 1.82) is 5.26 Å². The summed E-state index contributed by atoms with van der Waals surface area (Å²) in [6.45, 7) is 0.481. The number of rotatable bonds is 5. The Morgan fingerprint density at radius 2 is 2.05 bits per heavy atom. The van der Waals surface area contributed by atoms with Crippen molar-refractivity contribution in [2.24, 2.45) is 5.92 Å². The Morgan fingerprint density at radius 3 is 2.68 bits per heavy atom. The maximum atomic E-state index is 11.9. The Kier molecular flexibility index (Phi) is 4.71. The summed E-state index contributed by atoms with van der Waals surface area (Å²) in [6.07, 6.45) is 0.451. The van der Waals surface area contributed by atoms with E-state index in [1.807, 2.05) is 47.2 Å².